The largest absolute Gasteiger partial charge is 0.397 e. The van der Waals surface area contributed by atoms with Crippen LogP contribution in [0.5, 0.6) is 0 Å². The summed E-state index contributed by atoms with van der Waals surface area (Å²) in [6.07, 6.45) is 5.43. The highest BCUT2D eigenvalue weighted by atomic mass is 19.1. The van der Waals surface area contributed by atoms with E-state index in [1.54, 1.807) is 30.3 Å². The zero-order chi connectivity index (χ0) is 24.6. The summed E-state index contributed by atoms with van der Waals surface area (Å²) in [4.78, 5) is 24.8. The number of hydrogen-bond acceptors (Lipinski definition) is 4. The number of amides is 2. The number of nitrogens with two attached hydrogens (primary N) is 2. The highest BCUT2D eigenvalue weighted by Gasteiger charge is 2.40. The summed E-state index contributed by atoms with van der Waals surface area (Å²) in [5.41, 5.74) is 15.5. The Labute approximate surface area is 194 Å². The standard InChI is InChI=1S/C22H26N4O2.C4H5F/c1-3-14(2)16-7-10-18(23)19(13-16)26-20(27)15-5-8-17(9-6-15)25-21(28)22(24)11-4-12-22;1-3-4(2)5/h3,5-10,13H,4,11-12,23-24H2,1-2H3,(H,25,28)(H,26,27);3H,1-2H2/b14-3+;. The van der Waals surface area contributed by atoms with Gasteiger partial charge < -0.3 is 22.1 Å². The molecule has 1 fully saturated rings. The second kappa shape index (κ2) is 11.2. The molecule has 2 amide bonds. The van der Waals surface area contributed by atoms with Crippen LogP contribution in [0, 0.1) is 0 Å². The van der Waals surface area contributed by atoms with Crippen molar-refractivity contribution in [3.8, 4) is 0 Å². The Morgan fingerprint density at radius 1 is 1.09 bits per heavy atom. The summed E-state index contributed by atoms with van der Waals surface area (Å²) < 4.78 is 11.1. The van der Waals surface area contributed by atoms with E-state index in [4.69, 9.17) is 11.5 Å². The highest BCUT2D eigenvalue weighted by molar-refractivity contribution is 6.06. The molecule has 33 heavy (non-hydrogen) atoms. The fourth-order valence-corrected chi connectivity index (χ4v) is 3.02. The average molecular weight is 451 g/mol. The predicted octanol–water partition coefficient (Wildman–Crippen LogP) is 5.42. The lowest BCUT2D eigenvalue weighted by molar-refractivity contribution is -0.123. The summed E-state index contributed by atoms with van der Waals surface area (Å²) >= 11 is 0. The molecular formula is C26H31FN4O2. The SMILES string of the molecule is C/C=C(\C)c1ccc(N)c(NC(=O)c2ccc(NC(=O)C3(N)CCC3)cc2)c1.C=CC(=C)F. The van der Waals surface area contributed by atoms with E-state index in [9.17, 15) is 14.0 Å². The predicted molar refractivity (Wildman–Crippen MR) is 134 cm³/mol. The molecule has 0 atom stereocenters. The van der Waals surface area contributed by atoms with Crippen LogP contribution < -0.4 is 22.1 Å². The molecule has 0 radical (unpaired) electrons. The van der Waals surface area contributed by atoms with Crippen LogP contribution in [0.4, 0.5) is 21.5 Å². The molecule has 0 spiro atoms. The Balaban J connectivity index is 0.000000696. The van der Waals surface area contributed by atoms with Gasteiger partial charge in [-0.15, -0.1) is 0 Å². The van der Waals surface area contributed by atoms with Gasteiger partial charge in [0, 0.05) is 11.3 Å². The van der Waals surface area contributed by atoms with Crippen LogP contribution in [0.1, 0.15) is 49.0 Å². The average Bonchev–Trinajstić information content (AvgIpc) is 2.79. The van der Waals surface area contributed by atoms with Crippen LogP contribution >= 0.6 is 0 Å². The Bertz CT molecular complexity index is 1070. The second-order valence-corrected chi connectivity index (χ2v) is 7.92. The second-order valence-electron chi connectivity index (χ2n) is 7.92. The zero-order valence-electron chi connectivity index (χ0n) is 19.1. The molecule has 2 aromatic carbocycles. The maximum atomic E-state index is 12.6. The maximum Gasteiger partial charge on any atom is 0.255 e. The minimum absolute atomic E-state index is 0.181. The van der Waals surface area contributed by atoms with Crippen LogP contribution in [0.25, 0.3) is 5.57 Å². The quantitative estimate of drug-likeness (QED) is 0.348. The summed E-state index contributed by atoms with van der Waals surface area (Å²) in [5, 5.41) is 5.66. The molecule has 174 valence electrons. The fraction of sp³-hybridized carbons (Fsp3) is 0.231. The third-order valence-corrected chi connectivity index (χ3v) is 5.51. The molecule has 0 bridgehead atoms. The number of nitrogens with one attached hydrogen (secondary N) is 2. The van der Waals surface area contributed by atoms with E-state index < -0.39 is 11.4 Å². The molecule has 7 heteroatoms. The molecule has 1 aliphatic rings. The number of nitrogen functional groups attached to an aromatic ring is 1. The molecule has 0 heterocycles. The van der Waals surface area contributed by atoms with Crippen molar-refractivity contribution in [1.29, 1.82) is 0 Å². The van der Waals surface area contributed by atoms with E-state index >= 15 is 0 Å². The zero-order valence-corrected chi connectivity index (χ0v) is 19.1. The molecule has 6 nitrogen and oxygen atoms in total. The Hall–Kier alpha value is -3.71. The van der Waals surface area contributed by atoms with Gasteiger partial charge in [0.25, 0.3) is 5.91 Å². The maximum absolute atomic E-state index is 12.6. The van der Waals surface area contributed by atoms with Crippen molar-refractivity contribution in [2.75, 3.05) is 16.4 Å². The van der Waals surface area contributed by atoms with E-state index in [-0.39, 0.29) is 11.8 Å². The van der Waals surface area contributed by atoms with Crippen molar-refractivity contribution in [2.45, 2.75) is 38.6 Å². The molecule has 0 aliphatic heterocycles. The first-order chi connectivity index (χ1) is 15.6. The van der Waals surface area contributed by atoms with Crippen molar-refractivity contribution in [1.82, 2.24) is 0 Å². The van der Waals surface area contributed by atoms with Gasteiger partial charge in [0.2, 0.25) is 5.91 Å². The van der Waals surface area contributed by atoms with Gasteiger partial charge in [0.05, 0.1) is 16.9 Å². The van der Waals surface area contributed by atoms with E-state index in [0.29, 0.717) is 35.5 Å². The normalized spacial score (nSPS) is 14.1. The number of anilines is 3. The van der Waals surface area contributed by atoms with Gasteiger partial charge in [-0.05, 0) is 86.7 Å². The Morgan fingerprint density at radius 2 is 1.67 bits per heavy atom. The van der Waals surface area contributed by atoms with Gasteiger partial charge >= 0.3 is 0 Å². The molecule has 0 saturated heterocycles. The summed E-state index contributed by atoms with van der Waals surface area (Å²) in [6.45, 7) is 9.93. The van der Waals surface area contributed by atoms with Gasteiger partial charge in [0.1, 0.15) is 5.83 Å². The lowest BCUT2D eigenvalue weighted by Crippen LogP contribution is -2.56. The number of rotatable bonds is 6. The van der Waals surface area contributed by atoms with Gasteiger partial charge in [-0.2, -0.15) is 0 Å². The van der Waals surface area contributed by atoms with E-state index in [1.807, 2.05) is 32.1 Å². The van der Waals surface area contributed by atoms with Crippen LogP contribution in [-0.2, 0) is 4.79 Å². The molecule has 3 rings (SSSR count). The van der Waals surface area contributed by atoms with Crippen LogP contribution in [0.3, 0.4) is 0 Å². The molecule has 6 N–H and O–H groups in total. The minimum Gasteiger partial charge on any atom is -0.397 e. The van der Waals surface area contributed by atoms with Crippen molar-refractivity contribution < 1.29 is 14.0 Å². The lowest BCUT2D eigenvalue weighted by Gasteiger charge is -2.36. The lowest BCUT2D eigenvalue weighted by atomic mass is 9.77. The molecule has 1 aliphatic carbocycles. The van der Waals surface area contributed by atoms with E-state index in [2.05, 4.69) is 23.8 Å². The third kappa shape index (κ3) is 6.89. The number of allylic oxidation sites excluding steroid dienone is 4. The topological polar surface area (TPSA) is 110 Å². The Kier molecular flexibility index (Phi) is 8.70. The summed E-state index contributed by atoms with van der Waals surface area (Å²) in [5.74, 6) is -0.931. The van der Waals surface area contributed by atoms with Gasteiger partial charge in [-0.1, -0.05) is 25.3 Å². The van der Waals surface area contributed by atoms with Crippen molar-refractivity contribution in [2.24, 2.45) is 5.73 Å². The van der Waals surface area contributed by atoms with Gasteiger partial charge in [0.15, 0.2) is 0 Å². The first kappa shape index (κ1) is 25.5. The Morgan fingerprint density at radius 3 is 2.15 bits per heavy atom. The number of carbonyl (C=O) groups is 2. The highest BCUT2D eigenvalue weighted by Crippen LogP contribution is 2.30. The summed E-state index contributed by atoms with van der Waals surface area (Å²) in [6, 6.07) is 12.3. The van der Waals surface area contributed by atoms with Crippen LogP contribution in [-0.4, -0.2) is 17.4 Å². The van der Waals surface area contributed by atoms with Crippen molar-refractivity contribution in [3.05, 3.63) is 84.7 Å². The monoisotopic (exact) mass is 450 g/mol. The smallest absolute Gasteiger partial charge is 0.255 e. The minimum atomic E-state index is -0.760. The number of hydrogen-bond donors (Lipinski definition) is 4. The number of carbonyl (C=O) groups excluding carboxylic acids is 2. The fourth-order valence-electron chi connectivity index (χ4n) is 3.02. The van der Waals surface area contributed by atoms with E-state index in [0.717, 1.165) is 23.6 Å². The molecule has 2 aromatic rings. The van der Waals surface area contributed by atoms with Gasteiger partial charge in [-0.25, -0.2) is 4.39 Å². The van der Waals surface area contributed by atoms with Crippen molar-refractivity contribution >= 4 is 34.4 Å². The number of benzene rings is 2. The van der Waals surface area contributed by atoms with E-state index in [1.165, 1.54) is 0 Å². The molecular weight excluding hydrogens is 419 g/mol. The molecule has 1 saturated carbocycles. The van der Waals surface area contributed by atoms with Crippen LogP contribution in [0.15, 0.2) is 73.6 Å². The molecule has 0 aromatic heterocycles. The first-order valence-corrected chi connectivity index (χ1v) is 10.6. The first-order valence-electron chi connectivity index (χ1n) is 10.6. The van der Waals surface area contributed by atoms with Crippen LogP contribution in [0.2, 0.25) is 0 Å². The summed E-state index contributed by atoms with van der Waals surface area (Å²) in [7, 11) is 0. The number of halogens is 1. The van der Waals surface area contributed by atoms with Crippen molar-refractivity contribution in [3.63, 3.8) is 0 Å². The van der Waals surface area contributed by atoms with Gasteiger partial charge in [-0.3, -0.25) is 9.59 Å². The molecule has 0 unspecified atom stereocenters. The third-order valence-electron chi connectivity index (χ3n) is 5.51.